The molecule has 11 heteroatoms. The van der Waals surface area contributed by atoms with Crippen molar-refractivity contribution < 1.29 is 22.2 Å². The van der Waals surface area contributed by atoms with Crippen LogP contribution in [0.25, 0.3) is 11.4 Å². The number of aryl methyl sites for hydroxylation is 1. The Bertz CT molecular complexity index is 923. The van der Waals surface area contributed by atoms with Gasteiger partial charge in [0.2, 0.25) is 17.4 Å². The average Bonchev–Trinajstić information content (AvgIpc) is 3.12. The highest BCUT2D eigenvalue weighted by Crippen LogP contribution is 2.27. The standard InChI is InChI=1S/C13H12N4O6S/c1-7-10(11(14)15-21-7)23-24(19)17-12(16-22-13(17)18)8-3-5-9(20-2)6-4-8/h3-6H,1-2H3,(H2,14,15). The molecule has 3 aromatic rings. The third-order valence-corrected chi connectivity index (χ3v) is 3.98. The van der Waals surface area contributed by atoms with Gasteiger partial charge in [0.15, 0.2) is 5.76 Å². The fourth-order valence-corrected chi connectivity index (χ4v) is 2.73. The molecule has 0 saturated carbocycles. The Labute approximate surface area is 137 Å². The Morgan fingerprint density at radius 3 is 2.50 bits per heavy atom. The summed E-state index contributed by atoms with van der Waals surface area (Å²) in [7, 11) is 1.52. The lowest BCUT2D eigenvalue weighted by Crippen LogP contribution is -2.23. The van der Waals surface area contributed by atoms with Gasteiger partial charge in [-0.2, -0.15) is 4.21 Å². The van der Waals surface area contributed by atoms with Gasteiger partial charge in [0.25, 0.3) is 0 Å². The van der Waals surface area contributed by atoms with Crippen LogP contribution in [0, 0.1) is 6.92 Å². The molecule has 0 spiro atoms. The van der Waals surface area contributed by atoms with E-state index in [1.165, 1.54) is 14.0 Å². The molecule has 10 nitrogen and oxygen atoms in total. The molecule has 2 aromatic heterocycles. The van der Waals surface area contributed by atoms with Crippen LogP contribution < -0.4 is 20.4 Å². The lowest BCUT2D eigenvalue weighted by Gasteiger charge is -2.05. The average molecular weight is 352 g/mol. The van der Waals surface area contributed by atoms with E-state index in [1.54, 1.807) is 24.3 Å². The summed E-state index contributed by atoms with van der Waals surface area (Å²) in [5.41, 5.74) is 6.04. The summed E-state index contributed by atoms with van der Waals surface area (Å²) in [6.45, 7) is 1.52. The van der Waals surface area contributed by atoms with Gasteiger partial charge in [-0.05, 0) is 24.3 Å². The number of hydrogen-bond acceptors (Lipinski definition) is 9. The van der Waals surface area contributed by atoms with E-state index in [1.807, 2.05) is 0 Å². The third kappa shape index (κ3) is 2.76. The summed E-state index contributed by atoms with van der Waals surface area (Å²) in [5.74, 6) is -0.211. The highest BCUT2D eigenvalue weighted by molar-refractivity contribution is 7.79. The molecule has 1 aromatic carbocycles. The largest absolute Gasteiger partial charge is 0.497 e. The molecule has 0 amide bonds. The Balaban J connectivity index is 1.97. The van der Waals surface area contributed by atoms with Gasteiger partial charge < -0.3 is 19.2 Å². The van der Waals surface area contributed by atoms with Crippen molar-refractivity contribution in [3.8, 4) is 22.9 Å². The highest BCUT2D eigenvalue weighted by atomic mass is 32.2. The van der Waals surface area contributed by atoms with E-state index in [4.69, 9.17) is 19.2 Å². The van der Waals surface area contributed by atoms with Crippen LogP contribution in [-0.2, 0) is 11.3 Å². The normalized spacial score (nSPS) is 12.1. The molecule has 0 fully saturated rings. The number of rotatable bonds is 5. The third-order valence-electron chi connectivity index (χ3n) is 3.05. The van der Waals surface area contributed by atoms with Crippen LogP contribution in [0.4, 0.5) is 5.82 Å². The predicted octanol–water partition coefficient (Wildman–Crippen LogP) is 0.896. The van der Waals surface area contributed by atoms with Crippen LogP contribution in [-0.4, -0.2) is 25.6 Å². The van der Waals surface area contributed by atoms with Crippen molar-refractivity contribution in [1.82, 2.24) is 14.3 Å². The molecule has 0 radical (unpaired) electrons. The summed E-state index contributed by atoms with van der Waals surface area (Å²) in [5, 5.41) is 7.10. The number of hydrogen-bond donors (Lipinski definition) is 1. The molecule has 0 aliphatic carbocycles. The second-order valence-corrected chi connectivity index (χ2v) is 5.51. The topological polar surface area (TPSA) is 136 Å². The van der Waals surface area contributed by atoms with Crippen molar-refractivity contribution in [2.75, 3.05) is 12.8 Å². The monoisotopic (exact) mass is 352 g/mol. The van der Waals surface area contributed by atoms with Crippen LogP contribution in [0.1, 0.15) is 5.76 Å². The minimum Gasteiger partial charge on any atom is -0.497 e. The van der Waals surface area contributed by atoms with Crippen molar-refractivity contribution in [2.45, 2.75) is 6.92 Å². The first-order valence-corrected chi connectivity index (χ1v) is 7.60. The van der Waals surface area contributed by atoms with Crippen LogP contribution in [0.3, 0.4) is 0 Å². The minimum absolute atomic E-state index is 0.0219. The molecule has 126 valence electrons. The number of anilines is 1. The van der Waals surface area contributed by atoms with Gasteiger partial charge in [-0.15, -0.1) is 3.97 Å². The second kappa shape index (κ2) is 6.20. The zero-order valence-electron chi connectivity index (χ0n) is 12.6. The molecule has 1 atom stereocenters. The number of aromatic nitrogens is 3. The number of benzene rings is 1. The van der Waals surface area contributed by atoms with Gasteiger partial charge in [0.05, 0.1) is 7.11 Å². The van der Waals surface area contributed by atoms with Gasteiger partial charge in [0, 0.05) is 12.5 Å². The molecule has 3 rings (SSSR count). The first-order valence-electron chi connectivity index (χ1n) is 6.56. The molecule has 0 aliphatic rings. The van der Waals surface area contributed by atoms with Crippen molar-refractivity contribution >= 4 is 17.1 Å². The molecular formula is C13H12N4O6S. The van der Waals surface area contributed by atoms with E-state index < -0.39 is 17.0 Å². The summed E-state index contributed by atoms with van der Waals surface area (Å²) >= 11 is -2.30. The zero-order valence-corrected chi connectivity index (χ0v) is 13.4. The minimum atomic E-state index is -2.30. The van der Waals surface area contributed by atoms with Crippen molar-refractivity contribution in [3.05, 3.63) is 40.6 Å². The Morgan fingerprint density at radius 2 is 1.92 bits per heavy atom. The Hall–Kier alpha value is -3.08. The SMILES string of the molecule is COc1ccc(-c2noc(=O)n2S(=O)Oc2c(N)noc2C)cc1. The number of nitrogens with zero attached hydrogens (tertiary/aromatic N) is 3. The summed E-state index contributed by atoms with van der Waals surface area (Å²) in [6.07, 6.45) is 0. The molecule has 2 N–H and O–H groups in total. The quantitative estimate of drug-likeness (QED) is 0.710. The maximum Gasteiger partial charge on any atom is 0.456 e. The lowest BCUT2D eigenvalue weighted by molar-refractivity contribution is 0.383. The van der Waals surface area contributed by atoms with Crippen molar-refractivity contribution in [3.63, 3.8) is 0 Å². The summed E-state index contributed by atoms with van der Waals surface area (Å²) in [4.78, 5) is 11.8. The first kappa shape index (κ1) is 15.8. The molecule has 24 heavy (non-hydrogen) atoms. The number of ether oxygens (including phenoxy) is 1. The van der Waals surface area contributed by atoms with Gasteiger partial charge >= 0.3 is 17.0 Å². The number of methoxy groups -OCH3 is 1. The number of nitrogens with two attached hydrogens (primary N) is 1. The van der Waals surface area contributed by atoms with E-state index >= 15 is 0 Å². The van der Waals surface area contributed by atoms with Gasteiger partial charge in [-0.3, -0.25) is 4.52 Å². The maximum atomic E-state index is 12.4. The van der Waals surface area contributed by atoms with Gasteiger partial charge in [0.1, 0.15) is 5.75 Å². The zero-order chi connectivity index (χ0) is 17.3. The van der Waals surface area contributed by atoms with Crippen LogP contribution >= 0.6 is 0 Å². The molecule has 2 heterocycles. The molecule has 0 bridgehead atoms. The van der Waals surface area contributed by atoms with E-state index in [-0.39, 0.29) is 23.2 Å². The fraction of sp³-hybridized carbons (Fsp3) is 0.154. The lowest BCUT2D eigenvalue weighted by atomic mass is 10.2. The molecule has 1 unspecified atom stereocenters. The first-order chi connectivity index (χ1) is 11.5. The maximum absolute atomic E-state index is 12.4. The van der Waals surface area contributed by atoms with Crippen molar-refractivity contribution in [2.24, 2.45) is 0 Å². The van der Waals surface area contributed by atoms with Crippen molar-refractivity contribution in [1.29, 1.82) is 0 Å². The number of nitrogen functional groups attached to an aromatic ring is 1. The predicted molar refractivity (Wildman–Crippen MR) is 82.6 cm³/mol. The summed E-state index contributed by atoms with van der Waals surface area (Å²) < 4.78 is 32.8. The highest BCUT2D eigenvalue weighted by Gasteiger charge is 2.23. The van der Waals surface area contributed by atoms with Gasteiger partial charge in [-0.25, -0.2) is 4.79 Å². The second-order valence-electron chi connectivity index (χ2n) is 4.55. The van der Waals surface area contributed by atoms with Crippen LogP contribution in [0.5, 0.6) is 11.5 Å². The summed E-state index contributed by atoms with van der Waals surface area (Å²) in [6, 6.07) is 6.57. The molecular weight excluding hydrogens is 340 g/mol. The van der Waals surface area contributed by atoms with Crippen LogP contribution in [0.15, 0.2) is 38.1 Å². The van der Waals surface area contributed by atoms with E-state index in [0.29, 0.717) is 11.3 Å². The fourth-order valence-electron chi connectivity index (χ4n) is 1.88. The Morgan fingerprint density at radius 1 is 1.21 bits per heavy atom. The van der Waals surface area contributed by atoms with E-state index in [2.05, 4.69) is 14.8 Å². The Kier molecular flexibility index (Phi) is 4.08. The van der Waals surface area contributed by atoms with Gasteiger partial charge in [-0.1, -0.05) is 10.3 Å². The molecule has 0 saturated heterocycles. The van der Waals surface area contributed by atoms with E-state index in [0.717, 1.165) is 3.97 Å². The van der Waals surface area contributed by atoms with E-state index in [9.17, 15) is 9.00 Å². The smallest absolute Gasteiger partial charge is 0.456 e. The van der Waals surface area contributed by atoms with Crippen LogP contribution in [0.2, 0.25) is 0 Å². The molecule has 0 aliphatic heterocycles.